The fourth-order valence-corrected chi connectivity index (χ4v) is 2.37. The van der Waals surface area contributed by atoms with Crippen molar-refractivity contribution in [2.75, 3.05) is 39.5 Å². The quantitative estimate of drug-likeness (QED) is 0.700. The van der Waals surface area contributed by atoms with Crippen molar-refractivity contribution in [1.82, 2.24) is 5.32 Å². The highest BCUT2D eigenvalue weighted by molar-refractivity contribution is 5.37. The van der Waals surface area contributed by atoms with Crippen LogP contribution in [0, 0.1) is 0 Å². The van der Waals surface area contributed by atoms with Gasteiger partial charge in [0.25, 0.3) is 0 Å². The van der Waals surface area contributed by atoms with E-state index in [1.54, 1.807) is 0 Å². The molecule has 4 heteroatoms. The molecule has 2 N–H and O–H groups in total. The second kappa shape index (κ2) is 8.15. The van der Waals surface area contributed by atoms with Crippen LogP contribution in [0.3, 0.4) is 0 Å². The average Bonchev–Trinajstić information content (AvgIpc) is 2.46. The zero-order valence-corrected chi connectivity index (χ0v) is 11.3. The average molecular weight is 265 g/mol. The molecule has 1 unspecified atom stereocenters. The van der Waals surface area contributed by atoms with Crippen molar-refractivity contribution in [2.45, 2.75) is 18.8 Å². The van der Waals surface area contributed by atoms with Crippen LogP contribution in [0.2, 0.25) is 0 Å². The first-order chi connectivity index (χ1) is 9.42. The van der Waals surface area contributed by atoms with E-state index in [9.17, 15) is 0 Å². The molecule has 1 aromatic rings. The highest BCUT2D eigenvalue weighted by atomic mass is 16.5. The number of aliphatic hydroxyl groups is 1. The Hall–Kier alpha value is -1.10. The van der Waals surface area contributed by atoms with Gasteiger partial charge in [0.1, 0.15) is 5.75 Å². The maximum Gasteiger partial charge on any atom is 0.122 e. The lowest BCUT2D eigenvalue weighted by molar-refractivity contribution is 0.0906. The second-order valence-corrected chi connectivity index (χ2v) is 4.77. The third kappa shape index (κ3) is 4.49. The zero-order chi connectivity index (χ0) is 13.3. The number of hydrogen-bond donors (Lipinski definition) is 2. The van der Waals surface area contributed by atoms with Gasteiger partial charge >= 0.3 is 0 Å². The molecular formula is C15H23NO3. The van der Waals surface area contributed by atoms with Gasteiger partial charge in [-0.25, -0.2) is 0 Å². The van der Waals surface area contributed by atoms with Crippen molar-refractivity contribution >= 4 is 0 Å². The molecule has 0 amide bonds. The van der Waals surface area contributed by atoms with E-state index in [1.165, 1.54) is 5.56 Å². The molecule has 0 aliphatic carbocycles. The molecule has 1 aromatic carbocycles. The molecule has 1 aliphatic heterocycles. The molecule has 0 radical (unpaired) electrons. The van der Waals surface area contributed by atoms with Crippen LogP contribution in [0.1, 0.15) is 24.3 Å². The molecule has 0 saturated carbocycles. The Bertz CT molecular complexity index is 370. The number of para-hydroxylation sites is 1. The van der Waals surface area contributed by atoms with Gasteiger partial charge in [0.2, 0.25) is 0 Å². The number of ether oxygens (including phenoxy) is 2. The summed E-state index contributed by atoms with van der Waals surface area (Å²) < 4.78 is 10.9. The molecule has 1 aliphatic rings. The fraction of sp³-hybridized carbons (Fsp3) is 0.600. The van der Waals surface area contributed by atoms with Crippen molar-refractivity contribution in [3.05, 3.63) is 29.8 Å². The maximum absolute atomic E-state index is 8.58. The number of hydrogen-bond acceptors (Lipinski definition) is 4. The summed E-state index contributed by atoms with van der Waals surface area (Å²) in [5.41, 5.74) is 1.32. The molecular weight excluding hydrogens is 242 g/mol. The Kier molecular flexibility index (Phi) is 6.14. The van der Waals surface area contributed by atoms with E-state index in [1.807, 2.05) is 12.1 Å². The van der Waals surface area contributed by atoms with Crippen molar-refractivity contribution in [2.24, 2.45) is 0 Å². The molecule has 0 spiro atoms. The smallest absolute Gasteiger partial charge is 0.122 e. The van der Waals surface area contributed by atoms with Gasteiger partial charge < -0.3 is 19.9 Å². The standard InChI is InChI=1S/C15H23NO3/c17-8-11-18-9-3-7-16-12-13-6-10-19-15-5-2-1-4-14(13)15/h1-2,4-5,13,16-17H,3,6-12H2. The molecule has 0 aromatic heterocycles. The molecule has 1 heterocycles. The Morgan fingerprint density at radius 1 is 1.32 bits per heavy atom. The van der Waals surface area contributed by atoms with Crippen LogP contribution >= 0.6 is 0 Å². The van der Waals surface area contributed by atoms with Crippen LogP contribution in [-0.4, -0.2) is 44.6 Å². The minimum absolute atomic E-state index is 0.103. The molecule has 4 nitrogen and oxygen atoms in total. The molecule has 0 saturated heterocycles. The summed E-state index contributed by atoms with van der Waals surface area (Å²) in [4.78, 5) is 0. The number of benzene rings is 1. The topological polar surface area (TPSA) is 50.7 Å². The highest BCUT2D eigenvalue weighted by Crippen LogP contribution is 2.32. The van der Waals surface area contributed by atoms with E-state index in [4.69, 9.17) is 14.6 Å². The van der Waals surface area contributed by atoms with Crippen LogP contribution in [0.5, 0.6) is 5.75 Å². The molecule has 19 heavy (non-hydrogen) atoms. The summed E-state index contributed by atoms with van der Waals surface area (Å²) in [7, 11) is 0. The lowest BCUT2D eigenvalue weighted by atomic mass is 9.93. The van der Waals surface area contributed by atoms with Crippen molar-refractivity contribution in [3.63, 3.8) is 0 Å². The zero-order valence-electron chi connectivity index (χ0n) is 11.3. The first kappa shape index (κ1) is 14.3. The van der Waals surface area contributed by atoms with Crippen molar-refractivity contribution in [1.29, 1.82) is 0 Å². The summed E-state index contributed by atoms with van der Waals surface area (Å²) >= 11 is 0. The lowest BCUT2D eigenvalue weighted by Gasteiger charge is -2.26. The van der Waals surface area contributed by atoms with Crippen LogP contribution in [0.25, 0.3) is 0 Å². The summed E-state index contributed by atoms with van der Waals surface area (Å²) in [6.07, 6.45) is 2.05. The summed E-state index contributed by atoms with van der Waals surface area (Å²) in [5.74, 6) is 1.58. The second-order valence-electron chi connectivity index (χ2n) is 4.77. The van der Waals surface area contributed by atoms with Crippen molar-refractivity contribution < 1.29 is 14.6 Å². The SMILES string of the molecule is OCCOCCCNCC1CCOc2ccccc21. The molecule has 0 fully saturated rings. The van der Waals surface area contributed by atoms with E-state index < -0.39 is 0 Å². The Morgan fingerprint density at radius 3 is 3.11 bits per heavy atom. The normalized spacial score (nSPS) is 17.8. The Balaban J connectivity index is 1.67. The predicted octanol–water partition coefficient (Wildman–Crippen LogP) is 1.54. The fourth-order valence-electron chi connectivity index (χ4n) is 2.37. The van der Waals surface area contributed by atoms with Gasteiger partial charge in [0.15, 0.2) is 0 Å². The van der Waals surface area contributed by atoms with Crippen LogP contribution in [-0.2, 0) is 4.74 Å². The van der Waals surface area contributed by atoms with Gasteiger partial charge in [0, 0.05) is 19.1 Å². The first-order valence-corrected chi connectivity index (χ1v) is 7.03. The molecule has 0 bridgehead atoms. The van der Waals surface area contributed by atoms with Crippen LogP contribution < -0.4 is 10.1 Å². The highest BCUT2D eigenvalue weighted by Gasteiger charge is 2.20. The molecule has 2 rings (SSSR count). The van der Waals surface area contributed by atoms with E-state index in [2.05, 4.69) is 17.4 Å². The lowest BCUT2D eigenvalue weighted by Crippen LogP contribution is -2.27. The van der Waals surface area contributed by atoms with E-state index >= 15 is 0 Å². The maximum atomic E-state index is 8.58. The minimum atomic E-state index is 0.103. The van der Waals surface area contributed by atoms with Crippen LogP contribution in [0.4, 0.5) is 0 Å². The molecule has 106 valence electrons. The molecule has 1 atom stereocenters. The van der Waals surface area contributed by atoms with Crippen LogP contribution in [0.15, 0.2) is 24.3 Å². The van der Waals surface area contributed by atoms with Gasteiger partial charge in [-0.2, -0.15) is 0 Å². The van der Waals surface area contributed by atoms with E-state index in [-0.39, 0.29) is 6.61 Å². The Morgan fingerprint density at radius 2 is 2.21 bits per heavy atom. The third-order valence-corrected chi connectivity index (χ3v) is 3.35. The Labute approximate surface area is 114 Å². The van der Waals surface area contributed by atoms with Gasteiger partial charge in [-0.3, -0.25) is 0 Å². The van der Waals surface area contributed by atoms with E-state index in [0.29, 0.717) is 19.1 Å². The van der Waals surface area contributed by atoms with Gasteiger partial charge in [-0.1, -0.05) is 18.2 Å². The van der Waals surface area contributed by atoms with Crippen molar-refractivity contribution in [3.8, 4) is 5.75 Å². The van der Waals surface area contributed by atoms with Gasteiger partial charge in [-0.05, 0) is 31.0 Å². The predicted molar refractivity (Wildman–Crippen MR) is 74.7 cm³/mol. The first-order valence-electron chi connectivity index (χ1n) is 7.03. The number of fused-ring (bicyclic) bond motifs is 1. The van der Waals surface area contributed by atoms with Gasteiger partial charge in [0.05, 0.1) is 19.8 Å². The summed E-state index contributed by atoms with van der Waals surface area (Å²) in [5, 5.41) is 12.1. The third-order valence-electron chi connectivity index (χ3n) is 3.35. The number of rotatable bonds is 8. The number of nitrogens with one attached hydrogen (secondary N) is 1. The summed E-state index contributed by atoms with van der Waals surface area (Å²) in [6.45, 7) is 3.99. The number of aliphatic hydroxyl groups excluding tert-OH is 1. The monoisotopic (exact) mass is 265 g/mol. The largest absolute Gasteiger partial charge is 0.493 e. The summed E-state index contributed by atoms with van der Waals surface area (Å²) in [6, 6.07) is 8.30. The van der Waals surface area contributed by atoms with E-state index in [0.717, 1.165) is 38.3 Å². The minimum Gasteiger partial charge on any atom is -0.493 e. The van der Waals surface area contributed by atoms with Gasteiger partial charge in [-0.15, -0.1) is 0 Å².